The van der Waals surface area contributed by atoms with E-state index in [1.165, 1.54) is 6.07 Å². The maximum atomic E-state index is 14.1. The molecule has 0 radical (unpaired) electrons. The van der Waals surface area contributed by atoms with E-state index in [0.717, 1.165) is 11.3 Å². The van der Waals surface area contributed by atoms with E-state index in [1.54, 1.807) is 24.4 Å². The van der Waals surface area contributed by atoms with Crippen LogP contribution in [0.5, 0.6) is 11.5 Å². The van der Waals surface area contributed by atoms with E-state index in [0.29, 0.717) is 12.3 Å². The summed E-state index contributed by atoms with van der Waals surface area (Å²) in [6.07, 6.45) is 1.69. The van der Waals surface area contributed by atoms with Gasteiger partial charge < -0.3 is 10.1 Å². The average Bonchev–Trinajstić information content (AvgIpc) is 2.41. The predicted octanol–water partition coefficient (Wildman–Crippen LogP) is 4.21. The third kappa shape index (κ3) is 4.26. The van der Waals surface area contributed by atoms with Crippen LogP contribution in [0.15, 0.2) is 36.5 Å². The zero-order valence-electron chi connectivity index (χ0n) is 12.9. The molecule has 0 aliphatic carbocycles. The van der Waals surface area contributed by atoms with Crippen molar-refractivity contribution in [3.05, 3.63) is 53.6 Å². The number of para-hydroxylation sites is 1. The zero-order chi connectivity index (χ0) is 15.5. The molecule has 1 aromatic heterocycles. The summed E-state index contributed by atoms with van der Waals surface area (Å²) in [4.78, 5) is 4.16. The summed E-state index contributed by atoms with van der Waals surface area (Å²) >= 11 is 0. The fraction of sp³-hybridized carbons (Fsp3) is 0.353. The molecule has 0 spiro atoms. The fourth-order valence-corrected chi connectivity index (χ4v) is 1.85. The van der Waals surface area contributed by atoms with Crippen molar-refractivity contribution in [1.29, 1.82) is 0 Å². The standard InChI is InChI=1S/C17H21FN2O/c1-12-15(9-6-10-19-12)21-16-13(7-5-8-14(16)18)11-20-17(2,3)4/h5-10,20H,11H2,1-4H3. The minimum atomic E-state index is -0.369. The normalized spacial score (nSPS) is 11.5. The molecule has 0 unspecified atom stereocenters. The minimum Gasteiger partial charge on any atom is -0.452 e. The van der Waals surface area contributed by atoms with Crippen molar-refractivity contribution in [2.75, 3.05) is 0 Å². The lowest BCUT2D eigenvalue weighted by atomic mass is 10.1. The molecule has 0 aliphatic rings. The Morgan fingerprint density at radius 2 is 1.95 bits per heavy atom. The zero-order valence-corrected chi connectivity index (χ0v) is 12.9. The van der Waals surface area contributed by atoms with Gasteiger partial charge in [0.05, 0.1) is 5.69 Å². The van der Waals surface area contributed by atoms with Crippen LogP contribution in [-0.2, 0) is 6.54 Å². The van der Waals surface area contributed by atoms with Gasteiger partial charge in [-0.1, -0.05) is 12.1 Å². The first-order valence-electron chi connectivity index (χ1n) is 6.99. The van der Waals surface area contributed by atoms with Crippen molar-refractivity contribution in [2.24, 2.45) is 0 Å². The molecule has 0 bridgehead atoms. The van der Waals surface area contributed by atoms with Gasteiger partial charge in [-0.3, -0.25) is 4.98 Å². The Morgan fingerprint density at radius 1 is 1.19 bits per heavy atom. The number of ether oxygens (including phenoxy) is 1. The predicted molar refractivity (Wildman–Crippen MR) is 82.0 cm³/mol. The largest absolute Gasteiger partial charge is 0.452 e. The first kappa shape index (κ1) is 15.4. The molecule has 0 saturated heterocycles. The van der Waals surface area contributed by atoms with Gasteiger partial charge in [0.15, 0.2) is 11.6 Å². The number of hydrogen-bond acceptors (Lipinski definition) is 3. The van der Waals surface area contributed by atoms with Crippen LogP contribution in [-0.4, -0.2) is 10.5 Å². The molecule has 1 aromatic carbocycles. The first-order valence-corrected chi connectivity index (χ1v) is 6.99. The molecule has 1 heterocycles. The van der Waals surface area contributed by atoms with E-state index in [1.807, 2.05) is 13.0 Å². The summed E-state index contributed by atoms with van der Waals surface area (Å²) in [5.74, 6) is 0.455. The molecule has 0 fully saturated rings. The highest BCUT2D eigenvalue weighted by Crippen LogP contribution is 2.29. The van der Waals surface area contributed by atoms with Crippen LogP contribution >= 0.6 is 0 Å². The smallest absolute Gasteiger partial charge is 0.167 e. The fourth-order valence-electron chi connectivity index (χ4n) is 1.85. The van der Waals surface area contributed by atoms with Gasteiger partial charge in [0, 0.05) is 23.8 Å². The minimum absolute atomic E-state index is 0.0478. The van der Waals surface area contributed by atoms with Crippen LogP contribution in [0.3, 0.4) is 0 Å². The van der Waals surface area contributed by atoms with Crippen molar-refractivity contribution in [3.63, 3.8) is 0 Å². The topological polar surface area (TPSA) is 34.1 Å². The molecule has 1 N–H and O–H groups in total. The Kier molecular flexibility index (Phi) is 4.58. The molecule has 0 aliphatic heterocycles. The molecule has 2 rings (SSSR count). The molecular weight excluding hydrogens is 267 g/mol. The number of hydrogen-bond donors (Lipinski definition) is 1. The SMILES string of the molecule is Cc1ncccc1Oc1c(F)cccc1CNC(C)(C)C. The number of benzene rings is 1. The lowest BCUT2D eigenvalue weighted by Gasteiger charge is -2.22. The molecule has 112 valence electrons. The summed E-state index contributed by atoms with van der Waals surface area (Å²) in [6.45, 7) is 8.58. The van der Waals surface area contributed by atoms with E-state index in [9.17, 15) is 4.39 Å². The summed E-state index contributed by atoms with van der Waals surface area (Å²) in [6, 6.07) is 8.52. The Hall–Kier alpha value is -1.94. The number of nitrogens with one attached hydrogen (secondary N) is 1. The van der Waals surface area contributed by atoms with Crippen molar-refractivity contribution < 1.29 is 9.13 Å². The highest BCUT2D eigenvalue weighted by Gasteiger charge is 2.15. The highest BCUT2D eigenvalue weighted by molar-refractivity contribution is 5.40. The van der Waals surface area contributed by atoms with Crippen molar-refractivity contribution >= 4 is 0 Å². The van der Waals surface area contributed by atoms with E-state index in [2.05, 4.69) is 31.1 Å². The molecule has 4 heteroatoms. The van der Waals surface area contributed by atoms with Gasteiger partial charge in [0.25, 0.3) is 0 Å². The van der Waals surface area contributed by atoms with Crippen molar-refractivity contribution in [3.8, 4) is 11.5 Å². The lowest BCUT2D eigenvalue weighted by molar-refractivity contribution is 0.402. The maximum Gasteiger partial charge on any atom is 0.167 e. The number of nitrogens with zero attached hydrogens (tertiary/aromatic N) is 1. The van der Waals surface area contributed by atoms with Gasteiger partial charge in [0.2, 0.25) is 0 Å². The van der Waals surface area contributed by atoms with Crippen LogP contribution in [0, 0.1) is 12.7 Å². The average molecular weight is 288 g/mol. The summed E-state index contributed by atoms with van der Waals surface area (Å²) in [5, 5.41) is 3.34. The number of halogens is 1. The molecular formula is C17H21FN2O. The van der Waals surface area contributed by atoms with Crippen LogP contribution in [0.2, 0.25) is 0 Å². The summed E-state index contributed by atoms with van der Waals surface area (Å²) in [5.41, 5.74) is 1.47. The second-order valence-corrected chi connectivity index (χ2v) is 6.02. The molecule has 2 aromatic rings. The van der Waals surface area contributed by atoms with Crippen molar-refractivity contribution in [1.82, 2.24) is 10.3 Å². The Bertz CT molecular complexity index is 620. The highest BCUT2D eigenvalue weighted by atomic mass is 19.1. The Labute approximate surface area is 125 Å². The lowest BCUT2D eigenvalue weighted by Crippen LogP contribution is -2.35. The van der Waals surface area contributed by atoms with Crippen molar-refractivity contribution in [2.45, 2.75) is 39.8 Å². The first-order chi connectivity index (χ1) is 9.87. The van der Waals surface area contributed by atoms with Crippen LogP contribution in [0.25, 0.3) is 0 Å². The molecule has 0 amide bonds. The molecule has 3 nitrogen and oxygen atoms in total. The van der Waals surface area contributed by atoms with Gasteiger partial charge >= 0.3 is 0 Å². The van der Waals surface area contributed by atoms with Gasteiger partial charge in [-0.05, 0) is 45.9 Å². The van der Waals surface area contributed by atoms with E-state index >= 15 is 0 Å². The Balaban J connectivity index is 2.28. The quantitative estimate of drug-likeness (QED) is 0.915. The summed E-state index contributed by atoms with van der Waals surface area (Å²) < 4.78 is 19.9. The third-order valence-electron chi connectivity index (χ3n) is 3.03. The number of pyridine rings is 1. The number of aryl methyl sites for hydroxylation is 1. The molecule has 0 atom stereocenters. The van der Waals surface area contributed by atoms with Gasteiger partial charge in [-0.25, -0.2) is 4.39 Å². The maximum absolute atomic E-state index is 14.1. The molecule has 21 heavy (non-hydrogen) atoms. The second-order valence-electron chi connectivity index (χ2n) is 6.02. The monoisotopic (exact) mass is 288 g/mol. The van der Waals surface area contributed by atoms with Gasteiger partial charge in [0.1, 0.15) is 5.75 Å². The number of aromatic nitrogens is 1. The van der Waals surface area contributed by atoms with Crippen LogP contribution < -0.4 is 10.1 Å². The number of rotatable bonds is 4. The van der Waals surface area contributed by atoms with Gasteiger partial charge in [-0.2, -0.15) is 0 Å². The van der Waals surface area contributed by atoms with Crippen LogP contribution in [0.1, 0.15) is 32.0 Å². The molecule has 0 saturated carbocycles. The third-order valence-corrected chi connectivity index (χ3v) is 3.03. The van der Waals surface area contributed by atoms with Crippen LogP contribution in [0.4, 0.5) is 4.39 Å². The van der Waals surface area contributed by atoms with E-state index in [-0.39, 0.29) is 17.1 Å². The summed E-state index contributed by atoms with van der Waals surface area (Å²) in [7, 11) is 0. The second kappa shape index (κ2) is 6.22. The Morgan fingerprint density at radius 3 is 2.62 bits per heavy atom. The van der Waals surface area contributed by atoms with E-state index in [4.69, 9.17) is 4.74 Å². The van der Waals surface area contributed by atoms with E-state index < -0.39 is 0 Å². The van der Waals surface area contributed by atoms with Gasteiger partial charge in [-0.15, -0.1) is 0 Å².